The van der Waals surface area contributed by atoms with Gasteiger partial charge in [0.05, 0.1) is 0 Å². The van der Waals surface area contributed by atoms with Crippen LogP contribution in [-0.2, 0) is 6.54 Å². The number of hydrogen-bond acceptors (Lipinski definition) is 2. The van der Waals surface area contributed by atoms with Crippen molar-refractivity contribution in [3.63, 3.8) is 0 Å². The van der Waals surface area contributed by atoms with Crippen LogP contribution in [0.2, 0.25) is 0 Å². The van der Waals surface area contributed by atoms with Crippen molar-refractivity contribution < 1.29 is 8.78 Å². The van der Waals surface area contributed by atoms with Gasteiger partial charge < -0.3 is 5.32 Å². The number of nitrogens with zero attached hydrogens (tertiary/aromatic N) is 1. The van der Waals surface area contributed by atoms with E-state index in [0.717, 1.165) is 19.5 Å². The fourth-order valence-corrected chi connectivity index (χ4v) is 2.91. The van der Waals surface area contributed by atoms with Crippen molar-refractivity contribution in [2.75, 3.05) is 13.1 Å². The molecule has 112 valence electrons. The molecule has 2 nitrogen and oxygen atoms in total. The lowest BCUT2D eigenvalue weighted by Gasteiger charge is -2.42. The van der Waals surface area contributed by atoms with Crippen LogP contribution in [0.4, 0.5) is 8.78 Å². The van der Waals surface area contributed by atoms with Gasteiger partial charge in [0.15, 0.2) is 11.6 Å². The Labute approximate surface area is 120 Å². The molecule has 1 aromatic rings. The van der Waals surface area contributed by atoms with E-state index in [2.05, 4.69) is 31.0 Å². The van der Waals surface area contributed by atoms with Crippen molar-refractivity contribution in [3.8, 4) is 0 Å². The van der Waals surface area contributed by atoms with Crippen molar-refractivity contribution in [1.29, 1.82) is 0 Å². The lowest BCUT2D eigenvalue weighted by Crippen LogP contribution is -2.57. The van der Waals surface area contributed by atoms with Crippen molar-refractivity contribution >= 4 is 0 Å². The van der Waals surface area contributed by atoms with Gasteiger partial charge in [-0.2, -0.15) is 0 Å². The molecule has 0 saturated carbocycles. The summed E-state index contributed by atoms with van der Waals surface area (Å²) in [5.74, 6) is -0.931. The molecule has 0 spiro atoms. The highest BCUT2D eigenvalue weighted by Crippen LogP contribution is 2.22. The molecular formula is C16H24F2N2. The predicted octanol–water partition coefficient (Wildman–Crippen LogP) is 3.17. The van der Waals surface area contributed by atoms with Crippen LogP contribution in [0.3, 0.4) is 0 Å². The molecule has 0 bridgehead atoms. The lowest BCUT2D eigenvalue weighted by molar-refractivity contribution is 0.0872. The van der Waals surface area contributed by atoms with Gasteiger partial charge in [-0.3, -0.25) is 4.90 Å². The smallest absolute Gasteiger partial charge is 0.163 e. The average molecular weight is 282 g/mol. The second-order valence-electron chi connectivity index (χ2n) is 5.90. The van der Waals surface area contributed by atoms with Gasteiger partial charge in [0, 0.05) is 37.3 Å². The van der Waals surface area contributed by atoms with Crippen molar-refractivity contribution in [2.24, 2.45) is 5.92 Å². The molecule has 4 heteroatoms. The normalized spacial score (nSPS) is 25.6. The van der Waals surface area contributed by atoms with Crippen LogP contribution in [0.5, 0.6) is 0 Å². The standard InChI is InChI=1S/C16H24F2N2/c1-4-11(2)15-8-19-12(3)9-20(15)10-13-6-5-7-14(17)16(13)18/h5-7,11-12,15,19H,4,8-10H2,1-3H3. The van der Waals surface area contributed by atoms with E-state index in [9.17, 15) is 8.78 Å². The number of nitrogens with one attached hydrogen (secondary N) is 1. The average Bonchev–Trinajstić information content (AvgIpc) is 2.43. The van der Waals surface area contributed by atoms with Crippen LogP contribution in [0.15, 0.2) is 18.2 Å². The third kappa shape index (κ3) is 3.36. The van der Waals surface area contributed by atoms with Crippen molar-refractivity contribution in [2.45, 2.75) is 45.8 Å². The van der Waals surface area contributed by atoms with Gasteiger partial charge in [0.25, 0.3) is 0 Å². The molecule has 2 rings (SSSR count). The van der Waals surface area contributed by atoms with Gasteiger partial charge in [0.2, 0.25) is 0 Å². The summed E-state index contributed by atoms with van der Waals surface area (Å²) in [6, 6.07) is 5.19. The molecule has 3 atom stereocenters. The molecule has 3 unspecified atom stereocenters. The zero-order valence-electron chi connectivity index (χ0n) is 12.5. The van der Waals surface area contributed by atoms with Gasteiger partial charge in [-0.1, -0.05) is 32.4 Å². The summed E-state index contributed by atoms with van der Waals surface area (Å²) in [5, 5.41) is 3.48. The second-order valence-corrected chi connectivity index (χ2v) is 5.90. The maximum atomic E-state index is 13.8. The molecule has 20 heavy (non-hydrogen) atoms. The first-order chi connectivity index (χ1) is 9.52. The van der Waals surface area contributed by atoms with E-state index < -0.39 is 11.6 Å². The molecule has 1 aliphatic rings. The lowest BCUT2D eigenvalue weighted by atomic mass is 9.94. The molecule has 0 aliphatic carbocycles. The summed E-state index contributed by atoms with van der Waals surface area (Å²) in [6.07, 6.45) is 1.09. The topological polar surface area (TPSA) is 15.3 Å². The maximum absolute atomic E-state index is 13.8. The first-order valence-corrected chi connectivity index (χ1v) is 7.43. The Kier molecular flexibility index (Phi) is 5.11. The van der Waals surface area contributed by atoms with E-state index in [-0.39, 0.29) is 0 Å². The number of hydrogen-bond donors (Lipinski definition) is 1. The monoisotopic (exact) mass is 282 g/mol. The Morgan fingerprint density at radius 3 is 2.85 bits per heavy atom. The van der Waals surface area contributed by atoms with Gasteiger partial charge >= 0.3 is 0 Å². The minimum atomic E-state index is -0.759. The van der Waals surface area contributed by atoms with Crippen LogP contribution in [0, 0.1) is 17.6 Å². The molecule has 1 N–H and O–H groups in total. The van der Waals surface area contributed by atoms with Gasteiger partial charge in [-0.25, -0.2) is 8.78 Å². The summed E-state index contributed by atoms with van der Waals surface area (Å²) in [7, 11) is 0. The Hall–Kier alpha value is -1.00. The molecule has 0 amide bonds. The first kappa shape index (κ1) is 15.4. The number of rotatable bonds is 4. The van der Waals surface area contributed by atoms with Crippen molar-refractivity contribution in [3.05, 3.63) is 35.4 Å². The van der Waals surface area contributed by atoms with E-state index in [0.29, 0.717) is 30.1 Å². The van der Waals surface area contributed by atoms with E-state index >= 15 is 0 Å². The van der Waals surface area contributed by atoms with E-state index in [1.165, 1.54) is 6.07 Å². The third-order valence-electron chi connectivity index (χ3n) is 4.36. The van der Waals surface area contributed by atoms with E-state index in [1.54, 1.807) is 12.1 Å². The third-order valence-corrected chi connectivity index (χ3v) is 4.36. The van der Waals surface area contributed by atoms with Crippen LogP contribution in [0.25, 0.3) is 0 Å². The molecule has 0 aromatic heterocycles. The number of benzene rings is 1. The Morgan fingerprint density at radius 2 is 2.15 bits per heavy atom. The van der Waals surface area contributed by atoms with Gasteiger partial charge in [-0.15, -0.1) is 0 Å². The van der Waals surface area contributed by atoms with Crippen LogP contribution >= 0.6 is 0 Å². The van der Waals surface area contributed by atoms with E-state index in [4.69, 9.17) is 0 Å². The maximum Gasteiger partial charge on any atom is 0.163 e. The quantitative estimate of drug-likeness (QED) is 0.912. The highest BCUT2D eigenvalue weighted by atomic mass is 19.2. The molecule has 1 fully saturated rings. The number of halogens is 2. The first-order valence-electron chi connectivity index (χ1n) is 7.43. The second kappa shape index (κ2) is 6.64. The zero-order valence-corrected chi connectivity index (χ0v) is 12.5. The van der Waals surface area contributed by atoms with Crippen LogP contribution < -0.4 is 5.32 Å². The van der Waals surface area contributed by atoms with Crippen LogP contribution in [-0.4, -0.2) is 30.1 Å². The molecule has 0 radical (unpaired) electrons. The van der Waals surface area contributed by atoms with Crippen LogP contribution in [0.1, 0.15) is 32.8 Å². The SMILES string of the molecule is CCC(C)C1CNC(C)CN1Cc1cccc(F)c1F. The van der Waals surface area contributed by atoms with E-state index in [1.807, 2.05) is 0 Å². The molecule has 1 aliphatic heterocycles. The number of piperazine rings is 1. The van der Waals surface area contributed by atoms with Gasteiger partial charge in [0.1, 0.15) is 0 Å². The highest BCUT2D eigenvalue weighted by molar-refractivity contribution is 5.19. The summed E-state index contributed by atoms with van der Waals surface area (Å²) < 4.78 is 27.2. The van der Waals surface area contributed by atoms with Gasteiger partial charge in [-0.05, 0) is 18.9 Å². The summed E-state index contributed by atoms with van der Waals surface area (Å²) in [4.78, 5) is 2.28. The minimum absolute atomic E-state index is 0.374. The fourth-order valence-electron chi connectivity index (χ4n) is 2.91. The summed E-state index contributed by atoms with van der Waals surface area (Å²) in [6.45, 7) is 8.77. The molecule has 1 saturated heterocycles. The largest absolute Gasteiger partial charge is 0.311 e. The summed E-state index contributed by atoms with van der Waals surface area (Å²) in [5.41, 5.74) is 0.451. The molecular weight excluding hydrogens is 258 g/mol. The fraction of sp³-hybridized carbons (Fsp3) is 0.625. The Bertz CT molecular complexity index is 450. The predicted molar refractivity (Wildman–Crippen MR) is 77.5 cm³/mol. The van der Waals surface area contributed by atoms with Crippen molar-refractivity contribution in [1.82, 2.24) is 10.2 Å². The Morgan fingerprint density at radius 1 is 1.40 bits per heavy atom. The zero-order chi connectivity index (χ0) is 14.7. The molecule has 1 heterocycles. The molecule has 1 aromatic carbocycles. The summed E-state index contributed by atoms with van der Waals surface area (Å²) >= 11 is 0. The minimum Gasteiger partial charge on any atom is -0.311 e. The Balaban J connectivity index is 2.16. The highest BCUT2D eigenvalue weighted by Gasteiger charge is 2.29.